The number of rotatable bonds is 4. The van der Waals surface area contributed by atoms with Crippen molar-refractivity contribution in [2.24, 2.45) is 11.1 Å². The Morgan fingerprint density at radius 1 is 1.32 bits per heavy atom. The molecule has 0 bridgehead atoms. The van der Waals surface area contributed by atoms with Gasteiger partial charge in [0.1, 0.15) is 0 Å². The standard InChI is InChI=1S/C15H19N3O/c1-15(2)9-12(15)13-17-14(19-18-13)11-5-3-10(4-6-11)7-8-16/h3-6,12H,7-9,16H2,1-2H3. The van der Waals surface area contributed by atoms with Gasteiger partial charge in [0.15, 0.2) is 5.82 Å². The van der Waals surface area contributed by atoms with Crippen LogP contribution in [0.25, 0.3) is 11.5 Å². The monoisotopic (exact) mass is 257 g/mol. The molecule has 1 heterocycles. The van der Waals surface area contributed by atoms with Crippen LogP contribution in [0.4, 0.5) is 0 Å². The van der Waals surface area contributed by atoms with Crippen LogP contribution in [0, 0.1) is 5.41 Å². The van der Waals surface area contributed by atoms with Crippen LogP contribution in [-0.4, -0.2) is 16.7 Å². The highest BCUT2D eigenvalue weighted by Crippen LogP contribution is 2.57. The van der Waals surface area contributed by atoms with E-state index in [1.165, 1.54) is 5.56 Å². The van der Waals surface area contributed by atoms with Crippen molar-refractivity contribution in [2.75, 3.05) is 6.54 Å². The molecule has 3 rings (SSSR count). The van der Waals surface area contributed by atoms with Crippen molar-refractivity contribution in [3.63, 3.8) is 0 Å². The maximum Gasteiger partial charge on any atom is 0.257 e. The van der Waals surface area contributed by atoms with Crippen molar-refractivity contribution in [3.8, 4) is 11.5 Å². The van der Waals surface area contributed by atoms with Crippen LogP contribution in [0.3, 0.4) is 0 Å². The van der Waals surface area contributed by atoms with Gasteiger partial charge in [-0.25, -0.2) is 0 Å². The van der Waals surface area contributed by atoms with Crippen LogP contribution >= 0.6 is 0 Å². The molecule has 4 nitrogen and oxygen atoms in total. The van der Waals surface area contributed by atoms with Gasteiger partial charge in [-0.2, -0.15) is 4.98 Å². The molecule has 1 saturated carbocycles. The van der Waals surface area contributed by atoms with Crippen molar-refractivity contribution >= 4 is 0 Å². The molecule has 1 aromatic carbocycles. The molecule has 1 aliphatic carbocycles. The van der Waals surface area contributed by atoms with E-state index in [-0.39, 0.29) is 0 Å². The minimum atomic E-state index is 0.326. The predicted molar refractivity (Wildman–Crippen MR) is 73.6 cm³/mol. The van der Waals surface area contributed by atoms with E-state index in [1.807, 2.05) is 12.1 Å². The number of nitrogens with zero attached hydrogens (tertiary/aromatic N) is 2. The van der Waals surface area contributed by atoms with Crippen molar-refractivity contribution in [2.45, 2.75) is 32.6 Å². The minimum Gasteiger partial charge on any atom is -0.334 e. The first-order chi connectivity index (χ1) is 9.10. The number of hydrogen-bond acceptors (Lipinski definition) is 4. The van der Waals surface area contributed by atoms with Crippen LogP contribution < -0.4 is 5.73 Å². The molecule has 0 radical (unpaired) electrons. The molecule has 100 valence electrons. The number of hydrogen-bond donors (Lipinski definition) is 1. The van der Waals surface area contributed by atoms with Gasteiger partial charge in [-0.1, -0.05) is 31.1 Å². The van der Waals surface area contributed by atoms with Gasteiger partial charge in [-0.05, 0) is 42.5 Å². The number of benzene rings is 1. The molecule has 1 aliphatic rings. The fraction of sp³-hybridized carbons (Fsp3) is 0.467. The zero-order chi connectivity index (χ0) is 13.5. The Morgan fingerprint density at radius 2 is 2.00 bits per heavy atom. The van der Waals surface area contributed by atoms with E-state index in [0.717, 1.165) is 24.2 Å². The van der Waals surface area contributed by atoms with Crippen LogP contribution in [0.5, 0.6) is 0 Å². The molecule has 0 saturated heterocycles. The molecular weight excluding hydrogens is 238 g/mol. The average molecular weight is 257 g/mol. The van der Waals surface area contributed by atoms with Gasteiger partial charge in [0.25, 0.3) is 5.89 Å². The summed E-state index contributed by atoms with van der Waals surface area (Å²) < 4.78 is 5.36. The predicted octanol–water partition coefficient (Wildman–Crippen LogP) is 2.75. The summed E-state index contributed by atoms with van der Waals surface area (Å²) in [4.78, 5) is 4.51. The van der Waals surface area contributed by atoms with Gasteiger partial charge in [-0.15, -0.1) is 0 Å². The van der Waals surface area contributed by atoms with Gasteiger partial charge in [0.05, 0.1) is 0 Å². The van der Waals surface area contributed by atoms with E-state index in [0.29, 0.717) is 23.8 Å². The van der Waals surface area contributed by atoms with Gasteiger partial charge < -0.3 is 10.3 Å². The summed E-state index contributed by atoms with van der Waals surface area (Å²) in [5, 5.41) is 4.10. The van der Waals surface area contributed by atoms with Crippen molar-refractivity contribution in [1.29, 1.82) is 0 Å². The molecule has 2 aromatic rings. The molecule has 1 unspecified atom stereocenters. The van der Waals surface area contributed by atoms with Gasteiger partial charge in [0, 0.05) is 11.5 Å². The quantitative estimate of drug-likeness (QED) is 0.914. The Labute approximate surface area is 113 Å². The largest absolute Gasteiger partial charge is 0.334 e. The summed E-state index contributed by atoms with van der Waals surface area (Å²) in [6.45, 7) is 5.13. The molecule has 1 fully saturated rings. The highest BCUT2D eigenvalue weighted by atomic mass is 16.5. The highest BCUT2D eigenvalue weighted by Gasteiger charge is 2.49. The van der Waals surface area contributed by atoms with Crippen molar-refractivity contribution < 1.29 is 4.52 Å². The van der Waals surface area contributed by atoms with E-state index in [1.54, 1.807) is 0 Å². The SMILES string of the molecule is CC1(C)CC1c1noc(-c2ccc(CCN)cc2)n1. The van der Waals surface area contributed by atoms with Gasteiger partial charge >= 0.3 is 0 Å². The Hall–Kier alpha value is -1.68. The van der Waals surface area contributed by atoms with Crippen LogP contribution in [0.1, 0.15) is 37.6 Å². The maximum absolute atomic E-state index is 5.54. The Kier molecular flexibility index (Phi) is 2.90. The van der Waals surface area contributed by atoms with E-state index >= 15 is 0 Å². The molecule has 0 amide bonds. The fourth-order valence-corrected chi connectivity index (χ4v) is 2.38. The Balaban J connectivity index is 1.79. The van der Waals surface area contributed by atoms with Crippen LogP contribution in [0.15, 0.2) is 28.8 Å². The molecule has 2 N–H and O–H groups in total. The third-order valence-electron chi connectivity index (χ3n) is 3.90. The first kappa shape index (κ1) is 12.4. The molecule has 19 heavy (non-hydrogen) atoms. The van der Waals surface area contributed by atoms with E-state index in [9.17, 15) is 0 Å². The molecule has 1 atom stereocenters. The summed E-state index contributed by atoms with van der Waals surface area (Å²) >= 11 is 0. The zero-order valence-electron chi connectivity index (χ0n) is 11.4. The second kappa shape index (κ2) is 4.46. The van der Waals surface area contributed by atoms with Crippen LogP contribution in [-0.2, 0) is 6.42 Å². The zero-order valence-corrected chi connectivity index (χ0v) is 11.4. The summed E-state index contributed by atoms with van der Waals surface area (Å²) in [7, 11) is 0. The molecule has 4 heteroatoms. The van der Waals surface area contributed by atoms with E-state index < -0.39 is 0 Å². The fourth-order valence-electron chi connectivity index (χ4n) is 2.38. The highest BCUT2D eigenvalue weighted by molar-refractivity contribution is 5.53. The third-order valence-corrected chi connectivity index (χ3v) is 3.90. The van der Waals surface area contributed by atoms with Crippen LogP contribution in [0.2, 0.25) is 0 Å². The van der Waals surface area contributed by atoms with E-state index in [4.69, 9.17) is 10.3 Å². The molecular formula is C15H19N3O. The minimum absolute atomic E-state index is 0.326. The summed E-state index contributed by atoms with van der Waals surface area (Å²) in [5.41, 5.74) is 8.06. The topological polar surface area (TPSA) is 64.9 Å². The first-order valence-corrected chi connectivity index (χ1v) is 6.73. The lowest BCUT2D eigenvalue weighted by Crippen LogP contribution is -2.02. The summed E-state index contributed by atoms with van der Waals surface area (Å²) in [6, 6.07) is 8.15. The second-order valence-corrected chi connectivity index (χ2v) is 5.94. The average Bonchev–Trinajstić information content (AvgIpc) is 2.84. The van der Waals surface area contributed by atoms with Gasteiger partial charge in [-0.3, -0.25) is 0 Å². The molecule has 0 spiro atoms. The molecule has 0 aliphatic heterocycles. The smallest absolute Gasteiger partial charge is 0.257 e. The Morgan fingerprint density at radius 3 is 2.58 bits per heavy atom. The lowest BCUT2D eigenvalue weighted by Gasteiger charge is -1.99. The summed E-state index contributed by atoms with van der Waals surface area (Å²) in [6.07, 6.45) is 2.03. The number of nitrogens with two attached hydrogens (primary N) is 1. The third kappa shape index (κ3) is 2.40. The first-order valence-electron chi connectivity index (χ1n) is 6.73. The molecule has 1 aromatic heterocycles. The lowest BCUT2D eigenvalue weighted by molar-refractivity contribution is 0.419. The second-order valence-electron chi connectivity index (χ2n) is 5.94. The van der Waals surface area contributed by atoms with Crippen molar-refractivity contribution in [3.05, 3.63) is 35.7 Å². The van der Waals surface area contributed by atoms with E-state index in [2.05, 4.69) is 36.1 Å². The summed E-state index contributed by atoms with van der Waals surface area (Å²) in [5.74, 6) is 1.89. The van der Waals surface area contributed by atoms with Crippen molar-refractivity contribution in [1.82, 2.24) is 10.1 Å². The number of aromatic nitrogens is 2. The van der Waals surface area contributed by atoms with Gasteiger partial charge in [0.2, 0.25) is 0 Å². The normalized spacial score (nSPS) is 20.5. The lowest BCUT2D eigenvalue weighted by atomic mass is 10.1. The maximum atomic E-state index is 5.54. The Bertz CT molecular complexity index is 571.